The normalized spacial score (nSPS) is 19.8. The first kappa shape index (κ1) is 25.9. The zero-order valence-electron chi connectivity index (χ0n) is 22.7. The molecule has 2 aliphatic heterocycles. The predicted molar refractivity (Wildman–Crippen MR) is 152 cm³/mol. The van der Waals surface area contributed by atoms with E-state index in [4.69, 9.17) is 0 Å². The molecule has 2 N–H and O–H groups in total. The molecule has 6 rings (SSSR count). The molecule has 10 heteroatoms. The van der Waals surface area contributed by atoms with Gasteiger partial charge in [-0.3, -0.25) is 14.3 Å². The van der Waals surface area contributed by atoms with E-state index in [0.29, 0.717) is 51.9 Å². The van der Waals surface area contributed by atoms with E-state index < -0.39 is 11.5 Å². The van der Waals surface area contributed by atoms with Crippen LogP contribution in [0.1, 0.15) is 36.2 Å². The number of aromatic nitrogens is 5. The van der Waals surface area contributed by atoms with Crippen LogP contribution in [0.3, 0.4) is 0 Å². The van der Waals surface area contributed by atoms with Gasteiger partial charge in [-0.2, -0.15) is 5.10 Å². The molecule has 1 atom stereocenters. The molecule has 2 aromatic carbocycles. The van der Waals surface area contributed by atoms with Crippen molar-refractivity contribution in [1.82, 2.24) is 35.8 Å². The van der Waals surface area contributed by atoms with E-state index in [1.807, 2.05) is 55.6 Å². The second kappa shape index (κ2) is 11.0. The number of rotatable bonds is 3. The first-order valence-corrected chi connectivity index (χ1v) is 14.0. The minimum Gasteiger partial charge on any atom is -0.355 e. The minimum absolute atomic E-state index is 0.114. The van der Waals surface area contributed by atoms with Gasteiger partial charge in [0.15, 0.2) is 5.82 Å². The Labute approximate surface area is 233 Å². The van der Waals surface area contributed by atoms with Gasteiger partial charge in [0, 0.05) is 56.0 Å². The van der Waals surface area contributed by atoms with Gasteiger partial charge in [-0.15, -0.1) is 10.2 Å². The first-order chi connectivity index (χ1) is 19.5. The van der Waals surface area contributed by atoms with E-state index in [0.717, 1.165) is 40.0 Å². The zero-order valence-corrected chi connectivity index (χ0v) is 22.7. The molecule has 2 amide bonds. The van der Waals surface area contributed by atoms with Crippen molar-refractivity contribution in [3.63, 3.8) is 0 Å². The lowest BCUT2D eigenvalue weighted by atomic mass is 9.73. The summed E-state index contributed by atoms with van der Waals surface area (Å²) in [5, 5.41) is 26.0. The monoisotopic (exact) mass is 538 g/mol. The zero-order chi connectivity index (χ0) is 27.5. The standard InChI is InChI=1S/C30H34N8O2/c1-21-24-10-5-6-11-25(24)27(35-33-21)37-16-12-30(13-17-37)19-23-20-38(36-34-23)15-7-14-31-28(39)26(32-29(30)40)18-22-8-3-2-4-9-22/h2-6,8-11,20,26H,7,12-19H2,1H3,(H,31,39)(H,32,40)/t26-/m0/s1. The quantitative estimate of drug-likeness (QED) is 0.412. The Balaban J connectivity index is 1.29. The van der Waals surface area contributed by atoms with Gasteiger partial charge in [0.2, 0.25) is 11.8 Å². The topological polar surface area (TPSA) is 118 Å². The Bertz CT molecular complexity index is 1510. The fourth-order valence-electron chi connectivity index (χ4n) is 5.91. The van der Waals surface area contributed by atoms with Gasteiger partial charge in [-0.1, -0.05) is 59.8 Å². The largest absolute Gasteiger partial charge is 0.355 e. The van der Waals surface area contributed by atoms with Crippen LogP contribution in [-0.4, -0.2) is 62.7 Å². The van der Waals surface area contributed by atoms with Crippen molar-refractivity contribution in [2.75, 3.05) is 24.5 Å². The Morgan fingerprint density at radius 1 is 0.925 bits per heavy atom. The molecule has 10 nitrogen and oxygen atoms in total. The van der Waals surface area contributed by atoms with Crippen molar-refractivity contribution in [3.05, 3.63) is 77.7 Å². The molecule has 0 saturated carbocycles. The van der Waals surface area contributed by atoms with E-state index >= 15 is 0 Å². The van der Waals surface area contributed by atoms with Gasteiger partial charge in [0.1, 0.15) is 6.04 Å². The molecule has 4 aromatic rings. The minimum atomic E-state index is -0.728. The Morgan fingerprint density at radius 3 is 2.48 bits per heavy atom. The van der Waals surface area contributed by atoms with Crippen molar-refractivity contribution >= 4 is 28.4 Å². The highest BCUT2D eigenvalue weighted by molar-refractivity contribution is 5.94. The second-order valence-corrected chi connectivity index (χ2v) is 10.9. The maximum Gasteiger partial charge on any atom is 0.242 e. The number of anilines is 1. The Hall–Kier alpha value is -4.34. The maximum absolute atomic E-state index is 14.2. The molecule has 0 aliphatic carbocycles. The lowest BCUT2D eigenvalue weighted by Crippen LogP contribution is -2.56. The average molecular weight is 539 g/mol. The highest BCUT2D eigenvalue weighted by Gasteiger charge is 2.44. The van der Waals surface area contributed by atoms with E-state index in [2.05, 4.69) is 48.2 Å². The van der Waals surface area contributed by atoms with Crippen LogP contribution in [0.5, 0.6) is 0 Å². The fourth-order valence-corrected chi connectivity index (χ4v) is 5.91. The molecule has 206 valence electrons. The summed E-state index contributed by atoms with van der Waals surface area (Å²) in [5.74, 6) is 0.564. The van der Waals surface area contributed by atoms with E-state index in [1.165, 1.54) is 0 Å². The van der Waals surface area contributed by atoms with Crippen LogP contribution in [0.4, 0.5) is 5.82 Å². The summed E-state index contributed by atoms with van der Waals surface area (Å²) in [6.07, 6.45) is 4.74. The molecular formula is C30H34N8O2. The molecule has 2 bridgehead atoms. The number of piperidine rings is 1. The lowest BCUT2D eigenvalue weighted by molar-refractivity contribution is -0.136. The number of carbonyl (C=O) groups excluding carboxylic acids is 2. The van der Waals surface area contributed by atoms with Crippen LogP contribution in [0, 0.1) is 12.3 Å². The van der Waals surface area contributed by atoms with Crippen molar-refractivity contribution in [2.45, 2.75) is 51.6 Å². The van der Waals surface area contributed by atoms with E-state index in [1.54, 1.807) is 4.68 Å². The number of benzene rings is 2. The van der Waals surface area contributed by atoms with Crippen LogP contribution in [0.2, 0.25) is 0 Å². The molecule has 1 saturated heterocycles. The average Bonchev–Trinajstić information content (AvgIpc) is 3.43. The summed E-state index contributed by atoms with van der Waals surface area (Å²) in [6.45, 7) is 4.40. The van der Waals surface area contributed by atoms with Crippen LogP contribution in [-0.2, 0) is 29.0 Å². The molecule has 1 fully saturated rings. The van der Waals surface area contributed by atoms with Crippen LogP contribution in [0.15, 0.2) is 60.8 Å². The van der Waals surface area contributed by atoms with Gasteiger partial charge < -0.3 is 15.5 Å². The van der Waals surface area contributed by atoms with Gasteiger partial charge in [-0.25, -0.2) is 0 Å². The van der Waals surface area contributed by atoms with Gasteiger partial charge >= 0.3 is 0 Å². The number of nitrogens with one attached hydrogen (secondary N) is 2. The lowest BCUT2D eigenvalue weighted by Gasteiger charge is -2.41. The SMILES string of the molecule is Cc1nnc(N2CCC3(CC2)Cc2cn(nn2)CCCNC(=O)[C@H](Cc2ccccc2)NC3=O)c2ccccc12. The van der Waals surface area contributed by atoms with Crippen LogP contribution >= 0.6 is 0 Å². The third kappa shape index (κ3) is 5.25. The van der Waals surface area contributed by atoms with E-state index in [9.17, 15) is 9.59 Å². The summed E-state index contributed by atoms with van der Waals surface area (Å²) >= 11 is 0. The van der Waals surface area contributed by atoms with E-state index in [-0.39, 0.29) is 11.8 Å². The molecule has 2 aliphatic rings. The van der Waals surface area contributed by atoms with Gasteiger partial charge in [0.25, 0.3) is 0 Å². The second-order valence-electron chi connectivity index (χ2n) is 10.9. The van der Waals surface area contributed by atoms with Gasteiger partial charge in [0.05, 0.1) is 16.8 Å². The summed E-state index contributed by atoms with van der Waals surface area (Å²) in [6, 6.07) is 17.3. The van der Waals surface area contributed by atoms with Crippen LogP contribution in [0.25, 0.3) is 10.8 Å². The number of hydrogen-bond donors (Lipinski definition) is 2. The molecular weight excluding hydrogens is 504 g/mol. The third-order valence-electron chi connectivity index (χ3n) is 8.23. The number of hydrogen-bond acceptors (Lipinski definition) is 7. The molecule has 0 unspecified atom stereocenters. The third-order valence-corrected chi connectivity index (χ3v) is 8.23. The number of carbonyl (C=O) groups is 2. The highest BCUT2D eigenvalue weighted by Crippen LogP contribution is 2.38. The van der Waals surface area contributed by atoms with Crippen molar-refractivity contribution in [2.24, 2.45) is 5.41 Å². The Morgan fingerprint density at radius 2 is 1.68 bits per heavy atom. The molecule has 0 radical (unpaired) electrons. The predicted octanol–water partition coefficient (Wildman–Crippen LogP) is 2.61. The van der Waals surface area contributed by atoms with Crippen molar-refractivity contribution in [1.29, 1.82) is 0 Å². The number of nitrogens with zero attached hydrogens (tertiary/aromatic N) is 6. The maximum atomic E-state index is 14.2. The number of aryl methyl sites for hydroxylation is 2. The fraction of sp³-hybridized carbons (Fsp3) is 0.400. The summed E-state index contributed by atoms with van der Waals surface area (Å²) in [4.78, 5) is 29.7. The number of amides is 2. The highest BCUT2D eigenvalue weighted by atomic mass is 16.2. The van der Waals surface area contributed by atoms with Crippen molar-refractivity contribution in [3.8, 4) is 0 Å². The molecule has 1 spiro atoms. The first-order valence-electron chi connectivity index (χ1n) is 14.0. The Kier molecular flexibility index (Phi) is 7.15. The summed E-state index contributed by atoms with van der Waals surface area (Å²) in [5.41, 5.74) is 1.97. The van der Waals surface area contributed by atoms with Crippen LogP contribution < -0.4 is 15.5 Å². The number of fused-ring (bicyclic) bond motifs is 3. The molecule has 2 aromatic heterocycles. The summed E-state index contributed by atoms with van der Waals surface area (Å²) in [7, 11) is 0. The van der Waals surface area contributed by atoms with Gasteiger partial charge in [-0.05, 0) is 31.7 Å². The molecule has 4 heterocycles. The summed E-state index contributed by atoms with van der Waals surface area (Å²) < 4.78 is 1.80. The smallest absolute Gasteiger partial charge is 0.242 e. The molecule has 40 heavy (non-hydrogen) atoms. The van der Waals surface area contributed by atoms with Crippen molar-refractivity contribution < 1.29 is 9.59 Å².